The largest absolute Gasteiger partial charge is 0.378 e. The van der Waals surface area contributed by atoms with Gasteiger partial charge in [0.2, 0.25) is 0 Å². The van der Waals surface area contributed by atoms with Crippen molar-refractivity contribution in [1.29, 1.82) is 0 Å². The summed E-state index contributed by atoms with van der Waals surface area (Å²) in [6.45, 7) is 7.59. The van der Waals surface area contributed by atoms with Gasteiger partial charge in [-0.2, -0.15) is 0 Å². The average molecular weight is 310 g/mol. The molecule has 2 aliphatic heterocycles. The summed E-state index contributed by atoms with van der Waals surface area (Å²) in [6.07, 6.45) is 5.21. The lowest BCUT2D eigenvalue weighted by molar-refractivity contribution is -0.0357. The molecule has 2 aliphatic rings. The van der Waals surface area contributed by atoms with Gasteiger partial charge in [0.15, 0.2) is 0 Å². The van der Waals surface area contributed by atoms with Crippen LogP contribution in [0.2, 0.25) is 0 Å². The van der Waals surface area contributed by atoms with Crippen LogP contribution >= 0.6 is 0 Å². The Hall–Kier alpha value is -1.61. The summed E-state index contributed by atoms with van der Waals surface area (Å²) < 4.78 is 5.99. The molecular weight excluding hydrogens is 284 g/mol. The molecule has 0 aliphatic carbocycles. The number of aromatic nitrogens is 1. The van der Waals surface area contributed by atoms with Crippen molar-refractivity contribution in [3.8, 4) is 0 Å². The first kappa shape index (κ1) is 14.9. The minimum absolute atomic E-state index is 0.485. The van der Waals surface area contributed by atoms with E-state index in [1.54, 1.807) is 0 Å². The van der Waals surface area contributed by atoms with Crippen LogP contribution in [0, 0.1) is 12.8 Å². The summed E-state index contributed by atoms with van der Waals surface area (Å²) in [6, 6.07) is 8.60. The zero-order valence-corrected chi connectivity index (χ0v) is 14.2. The number of hydrogen-bond donors (Lipinski definition) is 0. The van der Waals surface area contributed by atoms with E-state index in [0.29, 0.717) is 12.0 Å². The summed E-state index contributed by atoms with van der Waals surface area (Å²) in [5, 5.41) is 1.31. The summed E-state index contributed by atoms with van der Waals surface area (Å²) in [4.78, 5) is 7.45. The molecule has 1 aromatic carbocycles. The van der Waals surface area contributed by atoms with E-state index >= 15 is 0 Å². The summed E-state index contributed by atoms with van der Waals surface area (Å²) in [5.74, 6) is 0.689. The maximum atomic E-state index is 5.99. The Morgan fingerprint density at radius 1 is 1.26 bits per heavy atom. The lowest BCUT2D eigenvalue weighted by Crippen LogP contribution is -2.46. The fourth-order valence-corrected chi connectivity index (χ4v) is 4.43. The number of anilines is 1. The molecule has 2 aromatic rings. The van der Waals surface area contributed by atoms with Crippen molar-refractivity contribution < 1.29 is 4.74 Å². The van der Waals surface area contributed by atoms with E-state index in [1.165, 1.54) is 35.2 Å². The number of hydrogen-bond acceptors (Lipinski definition) is 3. The van der Waals surface area contributed by atoms with E-state index in [1.807, 2.05) is 0 Å². The average Bonchev–Trinajstić information content (AvgIpc) is 2.60. The molecule has 0 radical (unpaired) electrons. The Morgan fingerprint density at radius 2 is 2.13 bits per heavy atom. The molecule has 0 amide bonds. The highest BCUT2D eigenvalue weighted by Gasteiger charge is 2.33. The monoisotopic (exact) mass is 310 g/mol. The third kappa shape index (κ3) is 2.61. The highest BCUT2D eigenvalue weighted by atomic mass is 16.5. The molecule has 23 heavy (non-hydrogen) atoms. The first-order chi connectivity index (χ1) is 11.3. The van der Waals surface area contributed by atoms with Crippen molar-refractivity contribution in [3.63, 3.8) is 0 Å². The van der Waals surface area contributed by atoms with Gasteiger partial charge in [0.25, 0.3) is 0 Å². The number of ether oxygens (including phenoxy) is 1. The minimum Gasteiger partial charge on any atom is -0.378 e. The van der Waals surface area contributed by atoms with Gasteiger partial charge in [-0.05, 0) is 44.2 Å². The lowest BCUT2D eigenvalue weighted by atomic mass is 9.87. The summed E-state index contributed by atoms with van der Waals surface area (Å²) >= 11 is 0. The van der Waals surface area contributed by atoms with Crippen molar-refractivity contribution in [2.45, 2.75) is 45.6 Å². The second-order valence-corrected chi connectivity index (χ2v) is 6.94. The molecule has 4 rings (SSSR count). The van der Waals surface area contributed by atoms with Gasteiger partial charge in [-0.15, -0.1) is 0 Å². The first-order valence-electron chi connectivity index (χ1n) is 9.02. The fraction of sp³-hybridized carbons (Fsp3) is 0.550. The lowest BCUT2D eigenvalue weighted by Gasteiger charge is -2.43. The van der Waals surface area contributed by atoms with Crippen LogP contribution < -0.4 is 4.90 Å². The number of piperidine rings is 1. The number of aryl methyl sites for hydroxylation is 1. The maximum absolute atomic E-state index is 5.99. The van der Waals surface area contributed by atoms with Crippen LogP contribution in [0.25, 0.3) is 10.9 Å². The van der Waals surface area contributed by atoms with Gasteiger partial charge in [-0.1, -0.05) is 25.1 Å². The van der Waals surface area contributed by atoms with Crippen LogP contribution in [-0.2, 0) is 11.2 Å². The zero-order chi connectivity index (χ0) is 15.8. The number of benzene rings is 1. The topological polar surface area (TPSA) is 25.4 Å². The third-order valence-electron chi connectivity index (χ3n) is 5.56. The fourth-order valence-electron chi connectivity index (χ4n) is 4.43. The molecule has 2 unspecified atom stereocenters. The highest BCUT2D eigenvalue weighted by molar-refractivity contribution is 5.94. The Labute approximate surface area is 138 Å². The molecule has 1 aromatic heterocycles. The normalized spacial score (nSPS) is 24.7. The van der Waals surface area contributed by atoms with Gasteiger partial charge in [0, 0.05) is 36.7 Å². The van der Waals surface area contributed by atoms with Gasteiger partial charge in [-0.3, -0.25) is 4.98 Å². The van der Waals surface area contributed by atoms with Crippen molar-refractivity contribution >= 4 is 16.6 Å². The number of nitrogens with zero attached hydrogens (tertiary/aromatic N) is 2. The number of para-hydroxylation sites is 1. The molecule has 122 valence electrons. The predicted molar refractivity (Wildman–Crippen MR) is 95.2 cm³/mol. The Bertz CT molecular complexity index is 712. The smallest absolute Gasteiger partial charge is 0.0726 e. The standard InChI is InChI=1S/C20H26N2O/c1-3-16-14(2)21-18-9-5-4-8-17(18)20(16)22-11-10-19-15(13-22)7-6-12-23-19/h4-5,8-9,15,19H,3,6-7,10-13H2,1-2H3. The van der Waals surface area contributed by atoms with Crippen LogP contribution in [0.3, 0.4) is 0 Å². The number of rotatable bonds is 2. The Kier molecular flexibility index (Phi) is 3.98. The molecule has 0 spiro atoms. The molecule has 2 fully saturated rings. The van der Waals surface area contributed by atoms with Gasteiger partial charge in [0.1, 0.15) is 0 Å². The molecule has 0 N–H and O–H groups in total. The molecular formula is C20H26N2O. The van der Waals surface area contributed by atoms with Gasteiger partial charge in [-0.25, -0.2) is 0 Å². The van der Waals surface area contributed by atoms with Crippen molar-refractivity contribution in [2.75, 3.05) is 24.6 Å². The molecule has 2 saturated heterocycles. The summed E-state index contributed by atoms with van der Waals surface area (Å²) in [7, 11) is 0. The van der Waals surface area contributed by atoms with E-state index < -0.39 is 0 Å². The van der Waals surface area contributed by atoms with E-state index in [4.69, 9.17) is 9.72 Å². The minimum atomic E-state index is 0.485. The molecule has 3 heteroatoms. The first-order valence-corrected chi connectivity index (χ1v) is 9.02. The van der Waals surface area contributed by atoms with Crippen LogP contribution in [0.5, 0.6) is 0 Å². The van der Waals surface area contributed by atoms with Gasteiger partial charge < -0.3 is 9.64 Å². The van der Waals surface area contributed by atoms with Crippen molar-refractivity contribution in [2.24, 2.45) is 5.92 Å². The predicted octanol–water partition coefficient (Wildman–Crippen LogP) is 4.11. The van der Waals surface area contributed by atoms with E-state index in [2.05, 4.69) is 43.0 Å². The number of fused-ring (bicyclic) bond motifs is 2. The van der Waals surface area contributed by atoms with Gasteiger partial charge >= 0.3 is 0 Å². The third-order valence-corrected chi connectivity index (χ3v) is 5.56. The van der Waals surface area contributed by atoms with Crippen LogP contribution in [0.4, 0.5) is 5.69 Å². The number of pyridine rings is 1. The molecule has 0 saturated carbocycles. The SMILES string of the molecule is CCc1c(C)nc2ccccc2c1N1CCC2OCCCC2C1. The van der Waals surface area contributed by atoms with E-state index in [9.17, 15) is 0 Å². The van der Waals surface area contributed by atoms with Crippen LogP contribution in [0.1, 0.15) is 37.4 Å². The molecule has 0 bridgehead atoms. The zero-order valence-electron chi connectivity index (χ0n) is 14.2. The molecule has 2 atom stereocenters. The Morgan fingerprint density at radius 3 is 3.00 bits per heavy atom. The second kappa shape index (κ2) is 6.12. The second-order valence-electron chi connectivity index (χ2n) is 6.94. The quantitative estimate of drug-likeness (QED) is 0.834. The van der Waals surface area contributed by atoms with Crippen molar-refractivity contribution in [1.82, 2.24) is 4.98 Å². The van der Waals surface area contributed by atoms with E-state index in [-0.39, 0.29) is 0 Å². The van der Waals surface area contributed by atoms with Gasteiger partial charge in [0.05, 0.1) is 17.3 Å². The summed E-state index contributed by atoms with van der Waals surface area (Å²) in [5.41, 5.74) is 5.15. The van der Waals surface area contributed by atoms with E-state index in [0.717, 1.165) is 38.1 Å². The highest BCUT2D eigenvalue weighted by Crippen LogP contribution is 2.37. The Balaban J connectivity index is 1.78. The molecule has 3 nitrogen and oxygen atoms in total. The van der Waals surface area contributed by atoms with Crippen LogP contribution in [0.15, 0.2) is 24.3 Å². The van der Waals surface area contributed by atoms with Crippen LogP contribution in [-0.4, -0.2) is 30.8 Å². The van der Waals surface area contributed by atoms with Crippen molar-refractivity contribution in [3.05, 3.63) is 35.5 Å². The maximum Gasteiger partial charge on any atom is 0.0726 e. The molecule has 3 heterocycles.